The van der Waals surface area contributed by atoms with Gasteiger partial charge in [-0.3, -0.25) is 0 Å². The van der Waals surface area contributed by atoms with Crippen molar-refractivity contribution in [3.8, 4) is 0 Å². The first-order valence-electron chi connectivity index (χ1n) is 9.41. The van der Waals surface area contributed by atoms with Crippen LogP contribution in [0.3, 0.4) is 0 Å². The number of benzene rings is 3. The van der Waals surface area contributed by atoms with Gasteiger partial charge in [-0.1, -0.05) is 78.9 Å². The van der Waals surface area contributed by atoms with Crippen molar-refractivity contribution in [1.82, 2.24) is 0 Å². The maximum atomic E-state index is 11.3. The third kappa shape index (κ3) is 5.69. The number of rotatable bonds is 8. The van der Waals surface area contributed by atoms with Crippen LogP contribution in [0.4, 0.5) is 4.79 Å². The van der Waals surface area contributed by atoms with Crippen molar-refractivity contribution in [3.05, 3.63) is 96.1 Å². The second kappa shape index (κ2) is 9.72. The summed E-state index contributed by atoms with van der Waals surface area (Å²) in [5, 5.41) is 12.0. The average Bonchev–Trinajstić information content (AvgIpc) is 2.71. The fourth-order valence-corrected chi connectivity index (χ4v) is 3.29. The summed E-state index contributed by atoms with van der Waals surface area (Å²) in [6, 6.07) is 24.3. The van der Waals surface area contributed by atoms with Gasteiger partial charge in [0.25, 0.3) is 0 Å². The normalized spacial score (nSPS) is 13.5. The largest absolute Gasteiger partial charge is 0.442 e. The van der Waals surface area contributed by atoms with Gasteiger partial charge in [0, 0.05) is 18.9 Å². The molecule has 0 heterocycles. The molecule has 0 spiro atoms. The summed E-state index contributed by atoms with van der Waals surface area (Å²) in [6.45, 7) is 0.0185. The molecule has 3 aromatic rings. The van der Waals surface area contributed by atoms with Crippen molar-refractivity contribution in [1.29, 1.82) is 0 Å². The highest BCUT2D eigenvalue weighted by atomic mass is 16.6. The highest BCUT2D eigenvalue weighted by Gasteiger charge is 2.12. The molecule has 3 N–H and O–H groups in total. The summed E-state index contributed by atoms with van der Waals surface area (Å²) in [7, 11) is 0. The van der Waals surface area contributed by atoms with Crippen molar-refractivity contribution < 1.29 is 14.6 Å². The highest BCUT2D eigenvalue weighted by molar-refractivity contribution is 5.83. The van der Waals surface area contributed by atoms with Crippen molar-refractivity contribution in [2.75, 3.05) is 6.61 Å². The van der Waals surface area contributed by atoms with E-state index in [1.165, 1.54) is 0 Å². The monoisotopic (exact) mass is 375 g/mol. The van der Waals surface area contributed by atoms with Gasteiger partial charge in [0.1, 0.15) is 6.10 Å². The SMILES string of the molecule is NC(=O)O[C@@H](/C=C/C(CO)Cc1ccccc1)Cc1ccc2ccccc2c1. The first-order chi connectivity index (χ1) is 13.6. The highest BCUT2D eigenvalue weighted by Crippen LogP contribution is 2.18. The molecule has 3 rings (SSSR count). The molecule has 144 valence electrons. The summed E-state index contributed by atoms with van der Waals surface area (Å²) >= 11 is 0. The molecule has 0 radical (unpaired) electrons. The molecular formula is C24H25NO3. The molecule has 28 heavy (non-hydrogen) atoms. The number of amides is 1. The molecule has 3 aromatic carbocycles. The predicted molar refractivity (Wildman–Crippen MR) is 112 cm³/mol. The van der Waals surface area contributed by atoms with Crippen molar-refractivity contribution >= 4 is 16.9 Å². The number of hydrogen-bond acceptors (Lipinski definition) is 3. The van der Waals surface area contributed by atoms with Gasteiger partial charge < -0.3 is 15.6 Å². The zero-order chi connectivity index (χ0) is 19.8. The summed E-state index contributed by atoms with van der Waals surface area (Å²) in [6.07, 6.45) is 3.68. The van der Waals surface area contributed by atoms with Crippen molar-refractivity contribution in [3.63, 3.8) is 0 Å². The predicted octanol–water partition coefficient (Wildman–Crippen LogP) is 4.25. The molecule has 0 aliphatic rings. The van der Waals surface area contributed by atoms with Crippen LogP contribution < -0.4 is 5.73 Å². The average molecular weight is 375 g/mol. The Morgan fingerprint density at radius 2 is 1.61 bits per heavy atom. The van der Waals surface area contributed by atoms with Crippen LogP contribution >= 0.6 is 0 Å². The number of carbonyl (C=O) groups excluding carboxylic acids is 1. The van der Waals surface area contributed by atoms with Gasteiger partial charge in [-0.15, -0.1) is 0 Å². The van der Waals surface area contributed by atoms with Crippen LogP contribution in [0.5, 0.6) is 0 Å². The van der Waals surface area contributed by atoms with E-state index in [0.717, 1.165) is 21.9 Å². The first kappa shape index (κ1) is 19.6. The zero-order valence-electron chi connectivity index (χ0n) is 15.7. The Morgan fingerprint density at radius 1 is 0.893 bits per heavy atom. The van der Waals surface area contributed by atoms with Gasteiger partial charge in [0.05, 0.1) is 0 Å². The Kier molecular flexibility index (Phi) is 6.82. The Hall–Kier alpha value is -3.11. The fourth-order valence-electron chi connectivity index (χ4n) is 3.29. The van der Waals surface area contributed by atoms with Crippen LogP contribution in [0, 0.1) is 5.92 Å². The molecule has 0 aromatic heterocycles. The van der Waals surface area contributed by atoms with Gasteiger partial charge in [-0.05, 0) is 34.4 Å². The minimum Gasteiger partial charge on any atom is -0.442 e. The molecule has 0 aliphatic heterocycles. The lowest BCUT2D eigenvalue weighted by Crippen LogP contribution is -2.23. The number of aliphatic hydroxyl groups is 1. The molecule has 0 fully saturated rings. The van der Waals surface area contributed by atoms with Gasteiger partial charge in [-0.25, -0.2) is 4.79 Å². The lowest BCUT2D eigenvalue weighted by molar-refractivity contribution is 0.129. The minimum atomic E-state index is -0.806. The Balaban J connectivity index is 1.72. The molecule has 2 atom stereocenters. The fraction of sp³-hybridized carbons (Fsp3) is 0.208. The molecule has 1 unspecified atom stereocenters. The second-order valence-corrected chi connectivity index (χ2v) is 6.88. The maximum Gasteiger partial charge on any atom is 0.405 e. The summed E-state index contributed by atoms with van der Waals surface area (Å²) in [5.74, 6) is -0.0574. The van der Waals surface area contributed by atoms with Gasteiger partial charge in [-0.2, -0.15) is 0 Å². The van der Waals surface area contributed by atoms with E-state index in [1.807, 2.05) is 60.7 Å². The topological polar surface area (TPSA) is 72.6 Å². The van der Waals surface area contributed by atoms with E-state index in [-0.39, 0.29) is 12.5 Å². The number of primary amides is 1. The number of fused-ring (bicyclic) bond motifs is 1. The van der Waals surface area contributed by atoms with Gasteiger partial charge in [0.15, 0.2) is 0 Å². The molecular weight excluding hydrogens is 350 g/mol. The van der Waals surface area contributed by atoms with E-state index in [4.69, 9.17) is 10.5 Å². The van der Waals surface area contributed by atoms with Crippen LogP contribution in [0.15, 0.2) is 84.9 Å². The molecule has 0 aliphatic carbocycles. The maximum absolute atomic E-state index is 11.3. The number of hydrogen-bond donors (Lipinski definition) is 2. The first-order valence-corrected chi connectivity index (χ1v) is 9.41. The number of carbonyl (C=O) groups is 1. The third-order valence-corrected chi connectivity index (χ3v) is 4.69. The molecule has 1 amide bonds. The third-order valence-electron chi connectivity index (χ3n) is 4.69. The van der Waals surface area contributed by atoms with E-state index in [0.29, 0.717) is 12.8 Å². The van der Waals surface area contributed by atoms with Crippen molar-refractivity contribution in [2.45, 2.75) is 18.9 Å². The van der Waals surface area contributed by atoms with Gasteiger partial charge >= 0.3 is 6.09 Å². The molecule has 0 saturated carbocycles. The second-order valence-electron chi connectivity index (χ2n) is 6.88. The van der Waals surface area contributed by atoms with Crippen LogP contribution in [-0.4, -0.2) is 23.9 Å². The van der Waals surface area contributed by atoms with E-state index >= 15 is 0 Å². The Labute approximate surface area is 165 Å². The van der Waals surface area contributed by atoms with Crippen LogP contribution in [0.1, 0.15) is 11.1 Å². The zero-order valence-corrected chi connectivity index (χ0v) is 15.7. The van der Waals surface area contributed by atoms with E-state index in [9.17, 15) is 9.90 Å². The smallest absolute Gasteiger partial charge is 0.405 e. The standard InChI is InChI=1S/C24H25NO3/c25-24(27)28-23(13-11-20(17-26)14-18-6-2-1-3-7-18)16-19-10-12-21-8-4-5-9-22(21)15-19/h1-13,15,20,23,26H,14,16-17H2,(H2,25,27)/b13-11+/t20?,23-/m0/s1. The lowest BCUT2D eigenvalue weighted by Gasteiger charge is -2.15. The van der Waals surface area contributed by atoms with Crippen LogP contribution in [-0.2, 0) is 17.6 Å². The Bertz CT molecular complexity index is 937. The van der Waals surface area contributed by atoms with E-state index in [1.54, 1.807) is 0 Å². The van der Waals surface area contributed by atoms with E-state index in [2.05, 4.69) is 24.3 Å². The number of aliphatic hydroxyl groups excluding tert-OH is 1. The molecule has 4 nitrogen and oxygen atoms in total. The van der Waals surface area contributed by atoms with Gasteiger partial charge in [0.2, 0.25) is 0 Å². The number of ether oxygens (including phenoxy) is 1. The number of nitrogens with two attached hydrogens (primary N) is 1. The summed E-state index contributed by atoms with van der Waals surface area (Å²) in [5.41, 5.74) is 7.46. The minimum absolute atomic E-state index is 0.0185. The molecule has 0 saturated heterocycles. The van der Waals surface area contributed by atoms with Crippen LogP contribution in [0.2, 0.25) is 0 Å². The molecule has 0 bridgehead atoms. The van der Waals surface area contributed by atoms with Crippen molar-refractivity contribution in [2.24, 2.45) is 11.7 Å². The Morgan fingerprint density at radius 3 is 2.32 bits per heavy atom. The quantitative estimate of drug-likeness (QED) is 0.578. The molecule has 4 heteroatoms. The van der Waals surface area contributed by atoms with E-state index < -0.39 is 12.2 Å². The lowest BCUT2D eigenvalue weighted by atomic mass is 9.98. The van der Waals surface area contributed by atoms with Crippen LogP contribution in [0.25, 0.3) is 10.8 Å². The summed E-state index contributed by atoms with van der Waals surface area (Å²) < 4.78 is 5.28. The summed E-state index contributed by atoms with van der Waals surface area (Å²) in [4.78, 5) is 11.3.